The molecular formula is C114H156N12O15. The molecule has 12 N–H and O–H groups in total. The van der Waals surface area contributed by atoms with Gasteiger partial charge in [-0.15, -0.1) is 0 Å². The molecule has 12 rings (SSSR count). The largest absolute Gasteiger partial charge is 0.483 e. The van der Waals surface area contributed by atoms with Crippen molar-refractivity contribution in [2.45, 2.75) is 255 Å². The first kappa shape index (κ1) is 94.1. The molecule has 0 bridgehead atoms. The summed E-state index contributed by atoms with van der Waals surface area (Å²) in [6.07, 6.45) is -6.59. The Labute approximate surface area is 856 Å². The molecule has 9 aromatic carbocycles. The van der Waals surface area contributed by atoms with Gasteiger partial charge in [0.2, 0.25) is 17.7 Å². The number of hydrogen-bond donors (Lipinski definition) is 12. The zero-order valence-electron chi connectivity index (χ0n) is 94.3. The van der Waals surface area contributed by atoms with E-state index in [1.54, 1.807) is 49.1 Å². The smallest absolute Gasteiger partial charge is 0.318 e. The predicted molar refractivity (Wildman–Crippen MR) is 559 cm³/mol. The van der Waals surface area contributed by atoms with Gasteiger partial charge in [-0.25, -0.2) is 14.4 Å². The Morgan fingerprint density at radius 1 is 0.362 bits per heavy atom. The summed E-state index contributed by atoms with van der Waals surface area (Å²) in [5.41, 5.74) is 7.42. The molecule has 3 aliphatic heterocycles. The minimum atomic E-state index is -3.23. The van der Waals surface area contributed by atoms with Crippen LogP contribution in [0.15, 0.2) is 237 Å². The highest BCUT2D eigenvalue weighted by atomic mass is 16.5. The summed E-state index contributed by atoms with van der Waals surface area (Å²) in [6, 6.07) is 59.9. The molecule has 0 aliphatic carbocycles. The molecule has 0 radical (unpaired) electrons. The number of nitrogens with zero attached hydrogens (tertiary/aromatic N) is 3. The molecule has 12 amide bonds. The average molecular weight is 1950 g/mol. The Hall–Kier alpha value is -13.1. The standard InChI is InChI=1S/3C37H48N4O5.3CH4/c3*1-25(2)34(41-20-12-19-38-37(41)45)36(44)39-30(21-28-15-7-5-8-16-28)23-32(42)31(22-29-17-9-6-10-18-29)40-33(43)24-46-35-26(3)13-11-14-27(35)4;;;/h3*5-11,13-18,25,30-32,34,42H,12,19-24H2,1-4H3,(H,38,45)(H,39,44)(H,40,43);3*1H4/t3*30-,31-,32-,34-;;;/m000.../s1/i12D2,19D2,20D2;3D3,4D3;21D2;;;. The number of nitrogens with one attached hydrogen (secondary N) is 9. The van der Waals surface area contributed by atoms with Gasteiger partial charge in [0.25, 0.3) is 17.7 Å². The normalized spacial score (nSPS) is 18.3. The summed E-state index contributed by atoms with van der Waals surface area (Å²) in [7, 11) is 0. The molecule has 0 saturated carbocycles. The van der Waals surface area contributed by atoms with Crippen LogP contribution in [0.3, 0.4) is 0 Å². The fourth-order valence-corrected chi connectivity index (χ4v) is 17.2. The van der Waals surface area contributed by atoms with E-state index in [2.05, 4.69) is 42.5 Å². The number of rotatable bonds is 45. The van der Waals surface area contributed by atoms with Gasteiger partial charge in [0, 0.05) is 76.5 Å². The molecule has 9 aromatic rings. The van der Waals surface area contributed by atoms with E-state index < -0.39 is 166 Å². The van der Waals surface area contributed by atoms with Gasteiger partial charge >= 0.3 is 18.1 Å². The Morgan fingerprint density at radius 3 is 0.936 bits per heavy atom. The first-order chi connectivity index (χ1) is 71.8. The number of benzene rings is 9. The van der Waals surface area contributed by atoms with Gasteiger partial charge in [0.1, 0.15) is 35.4 Å². The van der Waals surface area contributed by atoms with Crippen molar-refractivity contribution in [3.05, 3.63) is 303 Å². The molecule has 0 unspecified atom stereocenters. The molecule has 0 aromatic heterocycles. The lowest BCUT2D eigenvalue weighted by molar-refractivity contribution is -0.129. The van der Waals surface area contributed by atoms with E-state index in [9.17, 15) is 61.2 Å². The monoisotopic (exact) mass is 1950 g/mol. The maximum absolute atomic E-state index is 14.1. The molecule has 3 saturated heterocycles. The van der Waals surface area contributed by atoms with E-state index in [1.165, 1.54) is 23.1 Å². The zero-order chi connectivity index (χ0) is 111. The number of aryl methyl sites for hydroxylation is 6. The van der Waals surface area contributed by atoms with Gasteiger partial charge in [-0.2, -0.15) is 0 Å². The van der Waals surface area contributed by atoms with E-state index in [4.69, 9.17) is 30.7 Å². The molecule has 0 spiro atoms. The average Bonchev–Trinajstić information content (AvgIpc) is 0.712. The molecule has 27 heteroatoms. The number of amides is 12. The van der Waals surface area contributed by atoms with Crippen molar-refractivity contribution >= 4 is 53.5 Å². The van der Waals surface area contributed by atoms with Gasteiger partial charge in [-0.1, -0.05) is 300 Å². The lowest BCUT2D eigenvalue weighted by Gasteiger charge is -2.37. The summed E-state index contributed by atoms with van der Waals surface area (Å²) in [6.45, 7) is 7.07. The number of aliphatic hydroxyl groups is 3. The minimum Gasteiger partial charge on any atom is -0.483 e. The van der Waals surface area contributed by atoms with Gasteiger partial charge in [0.05, 0.1) is 36.4 Å². The molecule has 3 fully saturated rings. The summed E-state index contributed by atoms with van der Waals surface area (Å²) in [5, 5.41) is 60.3. The lowest BCUT2D eigenvalue weighted by atomic mass is 9.92. The van der Waals surface area contributed by atoms with Crippen molar-refractivity contribution in [2.24, 2.45) is 17.8 Å². The number of urea groups is 3. The van der Waals surface area contributed by atoms with Crippen LogP contribution in [0.2, 0.25) is 0 Å². The van der Waals surface area contributed by atoms with Crippen LogP contribution in [-0.2, 0) is 67.2 Å². The first-order valence-corrected chi connectivity index (χ1v) is 47.2. The summed E-state index contributed by atoms with van der Waals surface area (Å²) >= 11 is 0. The first-order valence-electron chi connectivity index (χ1n) is 54.2. The molecule has 12 atom stereocenters. The van der Waals surface area contributed by atoms with E-state index in [0.29, 0.717) is 67.4 Å². The molecule has 3 aliphatic rings. The number of carbonyl (C=O) groups is 9. The van der Waals surface area contributed by atoms with Crippen molar-refractivity contribution in [3.8, 4) is 17.2 Å². The number of aliphatic hydroxyl groups excluding tert-OH is 3. The van der Waals surface area contributed by atoms with E-state index in [-0.39, 0.29) is 121 Å². The van der Waals surface area contributed by atoms with Gasteiger partial charge in [-0.05, 0) is 203 Å². The molecule has 27 nitrogen and oxygen atoms in total. The third-order valence-electron chi connectivity index (χ3n) is 24.0. The molecule has 141 heavy (non-hydrogen) atoms. The van der Waals surface area contributed by atoms with Crippen molar-refractivity contribution in [1.82, 2.24) is 62.6 Å². The van der Waals surface area contributed by atoms with Gasteiger partial charge < -0.3 is 92.1 Å². The Morgan fingerprint density at radius 2 is 0.631 bits per heavy atom. The Bertz CT molecular complexity index is 5930. The maximum atomic E-state index is 14.1. The lowest BCUT2D eigenvalue weighted by Crippen LogP contribution is -2.59. The summed E-state index contributed by atoms with van der Waals surface area (Å²) in [4.78, 5) is 124. The van der Waals surface area contributed by atoms with Crippen LogP contribution in [0.25, 0.3) is 0 Å². The van der Waals surface area contributed by atoms with Crippen LogP contribution < -0.4 is 62.1 Å². The van der Waals surface area contributed by atoms with Crippen LogP contribution in [0.4, 0.5) is 14.4 Å². The van der Waals surface area contributed by atoms with E-state index in [0.717, 1.165) is 50.1 Å². The highest BCUT2D eigenvalue weighted by Gasteiger charge is 2.40. The number of carbonyl (C=O) groups excluding carboxylic acids is 9. The topological polar surface area (TPSA) is 360 Å². The Balaban J connectivity index is 0.000000311. The minimum absolute atomic E-state index is 0. The predicted octanol–water partition coefficient (Wildman–Crippen LogP) is 14.9. The van der Waals surface area contributed by atoms with E-state index >= 15 is 0 Å². The van der Waals surface area contributed by atoms with Crippen LogP contribution in [0.5, 0.6) is 17.2 Å². The highest BCUT2D eigenvalue weighted by molar-refractivity contribution is 5.90. The van der Waals surface area contributed by atoms with Crippen molar-refractivity contribution in [2.75, 3.05) is 59.0 Å². The third-order valence-corrected chi connectivity index (χ3v) is 24.0. The number of para-hydroxylation sites is 3. The maximum Gasteiger partial charge on any atom is 0.318 e. The fourth-order valence-electron chi connectivity index (χ4n) is 17.2. The second kappa shape index (κ2) is 58.8. The van der Waals surface area contributed by atoms with Crippen molar-refractivity contribution < 1.29 is 91.9 Å². The SMILES string of the molecule is C.C.C.[2H]C([2H])([2H])c1cccc(C([2H])([2H])[2H])c1OCC(=O)N[C@@H](Cc1ccccc1)[C@@H](O)C[C@H](Cc1ccccc1)NC(=O)[C@H](C(C)C)N1CCCNC1=O.[2H]C([2H])(c1ccccc1)[C@@H](C[C@H](O)[C@H](Cc1ccccc1)NC(=O)COc1c(C)cccc1C)NC(=O)[C@H](C(C)C)N1CCCNC1=O.[2H]C1([2H])NC(=O)N([C@H](C(=O)N[C@@H](Cc2ccccc2)C[C@H](O)[C@H](Cc2ccccc2)NC(=O)COc2c(C)cccc2C)C(C)C)C([2H])([2H])C1([2H])[2H]. The summed E-state index contributed by atoms with van der Waals surface area (Å²) < 4.78 is 133. The zero-order valence-corrected chi connectivity index (χ0v) is 80.3. The number of ether oxygens (including phenoxy) is 3. The second-order valence-corrected chi connectivity index (χ2v) is 36.1. The molecule has 3 heterocycles. The van der Waals surface area contributed by atoms with Crippen LogP contribution in [0, 0.1) is 59.2 Å². The van der Waals surface area contributed by atoms with Crippen LogP contribution >= 0.6 is 0 Å². The van der Waals surface area contributed by atoms with Crippen LogP contribution in [-0.4, -0.2) is 215 Å². The quantitative estimate of drug-likeness (QED) is 0.0169. The molecular weight excluding hydrogens is 1780 g/mol. The van der Waals surface area contributed by atoms with Crippen molar-refractivity contribution in [1.29, 1.82) is 0 Å². The second-order valence-electron chi connectivity index (χ2n) is 36.1. The van der Waals surface area contributed by atoms with Gasteiger partial charge in [-0.3, -0.25) is 28.8 Å². The summed E-state index contributed by atoms with van der Waals surface area (Å²) in [5.74, 6) is -3.67. The molecule has 762 valence electrons. The third kappa shape index (κ3) is 36.5. The fraction of sp³-hybridized carbons (Fsp3) is 0.447. The van der Waals surface area contributed by atoms with Crippen LogP contribution in [0.1, 0.15) is 188 Å². The Kier molecular flexibility index (Phi) is 39.3. The van der Waals surface area contributed by atoms with Crippen molar-refractivity contribution in [3.63, 3.8) is 0 Å². The van der Waals surface area contributed by atoms with E-state index in [1.807, 2.05) is 249 Å². The number of hydrogen-bond acceptors (Lipinski definition) is 15. The highest BCUT2D eigenvalue weighted by Crippen LogP contribution is 2.29. The van der Waals surface area contributed by atoms with Gasteiger partial charge in [0.15, 0.2) is 19.8 Å².